The zero-order valence-corrected chi connectivity index (χ0v) is 17.8. The summed E-state index contributed by atoms with van der Waals surface area (Å²) in [5.41, 5.74) is 1.64. The fraction of sp³-hybridized carbons (Fsp3) is 0.227. The number of carbonyl (C=O) groups excluding carboxylic acids is 2. The number of benzene rings is 1. The molecule has 6 rings (SSSR count). The zero-order valence-electron chi connectivity index (χ0n) is 17.0. The van der Waals surface area contributed by atoms with E-state index in [1.165, 1.54) is 15.0 Å². The van der Waals surface area contributed by atoms with Crippen molar-refractivity contribution in [1.82, 2.24) is 24.9 Å². The minimum Gasteiger partial charge on any atom is -0.351 e. The zero-order chi connectivity index (χ0) is 21.7. The fourth-order valence-corrected chi connectivity index (χ4v) is 4.68. The standard InChI is InChI=1S/C22H19N7O2S/c30-18-9-13(20(31)26-18)7-14-10-24-29-19(14)27-21(28-22(29)25-15-5-6-15)23-11-16-8-12-3-1-2-4-17(12)32-16/h1-4,7-8,10,15H,5-6,9,11H2,(H,26,30,31)(H2,23,25,27,28)/b13-7+. The molecule has 160 valence electrons. The number of nitrogens with one attached hydrogen (secondary N) is 3. The largest absolute Gasteiger partial charge is 0.351 e. The molecule has 0 atom stereocenters. The van der Waals surface area contributed by atoms with Crippen LogP contribution in [0.5, 0.6) is 0 Å². The van der Waals surface area contributed by atoms with Gasteiger partial charge in [-0.3, -0.25) is 14.9 Å². The topological polar surface area (TPSA) is 113 Å². The van der Waals surface area contributed by atoms with E-state index in [4.69, 9.17) is 0 Å². The second-order valence-corrected chi connectivity index (χ2v) is 9.12. The van der Waals surface area contributed by atoms with E-state index in [2.05, 4.69) is 49.2 Å². The molecule has 0 unspecified atom stereocenters. The van der Waals surface area contributed by atoms with Gasteiger partial charge in [-0.05, 0) is 36.4 Å². The van der Waals surface area contributed by atoms with Crippen LogP contribution < -0.4 is 16.0 Å². The van der Waals surface area contributed by atoms with Crippen LogP contribution in [0.25, 0.3) is 21.8 Å². The van der Waals surface area contributed by atoms with E-state index in [0.717, 1.165) is 12.8 Å². The quantitative estimate of drug-likeness (QED) is 0.309. The lowest BCUT2D eigenvalue weighted by Gasteiger charge is -2.09. The Morgan fingerprint density at radius 2 is 2.09 bits per heavy atom. The molecule has 32 heavy (non-hydrogen) atoms. The number of carbonyl (C=O) groups is 2. The van der Waals surface area contributed by atoms with Crippen LogP contribution in [0.1, 0.15) is 29.7 Å². The summed E-state index contributed by atoms with van der Waals surface area (Å²) in [4.78, 5) is 34.0. The molecule has 3 N–H and O–H groups in total. The number of amides is 2. The molecule has 0 spiro atoms. The van der Waals surface area contributed by atoms with Crippen LogP contribution in [0.15, 0.2) is 42.1 Å². The Morgan fingerprint density at radius 3 is 2.88 bits per heavy atom. The maximum absolute atomic E-state index is 12.0. The predicted molar refractivity (Wildman–Crippen MR) is 122 cm³/mol. The molecule has 1 saturated carbocycles. The van der Waals surface area contributed by atoms with E-state index in [-0.39, 0.29) is 18.2 Å². The van der Waals surface area contributed by atoms with Crippen LogP contribution in [0.3, 0.4) is 0 Å². The van der Waals surface area contributed by atoms with Crippen LogP contribution >= 0.6 is 11.3 Å². The Labute approximate surface area is 186 Å². The van der Waals surface area contributed by atoms with E-state index in [1.54, 1.807) is 28.1 Å². The third-order valence-corrected chi connectivity index (χ3v) is 6.54. The number of fused-ring (bicyclic) bond motifs is 2. The molecular weight excluding hydrogens is 426 g/mol. The number of imide groups is 1. The highest BCUT2D eigenvalue weighted by atomic mass is 32.1. The number of hydrogen-bond donors (Lipinski definition) is 3. The van der Waals surface area contributed by atoms with Crippen molar-refractivity contribution in [3.8, 4) is 0 Å². The first-order valence-corrected chi connectivity index (χ1v) is 11.2. The van der Waals surface area contributed by atoms with Crippen LogP contribution in [0.2, 0.25) is 0 Å². The lowest BCUT2D eigenvalue weighted by Crippen LogP contribution is -2.19. The molecule has 4 aromatic rings. The maximum atomic E-state index is 12.0. The van der Waals surface area contributed by atoms with Crippen LogP contribution in [-0.2, 0) is 16.1 Å². The van der Waals surface area contributed by atoms with Gasteiger partial charge in [0.15, 0.2) is 5.65 Å². The molecule has 0 bridgehead atoms. The minimum absolute atomic E-state index is 0.0610. The Balaban J connectivity index is 1.34. The summed E-state index contributed by atoms with van der Waals surface area (Å²) >= 11 is 1.73. The van der Waals surface area contributed by atoms with Gasteiger partial charge in [0.25, 0.3) is 5.91 Å². The highest BCUT2D eigenvalue weighted by Gasteiger charge is 2.26. The summed E-state index contributed by atoms with van der Waals surface area (Å²) in [7, 11) is 0. The van der Waals surface area contributed by atoms with E-state index in [1.807, 2.05) is 12.1 Å². The molecule has 2 amide bonds. The summed E-state index contributed by atoms with van der Waals surface area (Å²) in [6, 6.07) is 10.8. The van der Waals surface area contributed by atoms with Crippen molar-refractivity contribution >= 4 is 56.9 Å². The summed E-state index contributed by atoms with van der Waals surface area (Å²) < 4.78 is 2.88. The van der Waals surface area contributed by atoms with E-state index in [9.17, 15) is 9.59 Å². The van der Waals surface area contributed by atoms with Crippen molar-refractivity contribution < 1.29 is 9.59 Å². The number of rotatable bonds is 6. The van der Waals surface area contributed by atoms with Crippen LogP contribution in [0, 0.1) is 0 Å². The first-order chi connectivity index (χ1) is 15.6. The number of nitrogens with zero attached hydrogens (tertiary/aromatic N) is 4. The van der Waals surface area contributed by atoms with Crippen molar-refractivity contribution in [1.29, 1.82) is 0 Å². The summed E-state index contributed by atoms with van der Waals surface area (Å²) in [5, 5.41) is 14.7. The second kappa shape index (κ2) is 7.41. The van der Waals surface area contributed by atoms with Gasteiger partial charge < -0.3 is 10.6 Å². The van der Waals surface area contributed by atoms with E-state index >= 15 is 0 Å². The third-order valence-electron chi connectivity index (χ3n) is 5.43. The second-order valence-electron chi connectivity index (χ2n) is 7.95. The molecule has 4 heterocycles. The van der Waals surface area contributed by atoms with Crippen molar-refractivity contribution in [2.75, 3.05) is 10.6 Å². The molecule has 1 aromatic carbocycles. The van der Waals surface area contributed by atoms with Crippen molar-refractivity contribution in [2.24, 2.45) is 0 Å². The molecule has 1 aliphatic carbocycles. The molecule has 2 fully saturated rings. The molecular formula is C22H19N7O2S. The van der Waals surface area contributed by atoms with Crippen LogP contribution in [-0.4, -0.2) is 37.4 Å². The van der Waals surface area contributed by atoms with E-state index < -0.39 is 0 Å². The van der Waals surface area contributed by atoms with Crippen molar-refractivity contribution in [3.63, 3.8) is 0 Å². The van der Waals surface area contributed by atoms with Gasteiger partial charge in [-0.1, -0.05) is 18.2 Å². The average Bonchev–Trinajstić information content (AvgIpc) is 3.21. The van der Waals surface area contributed by atoms with Gasteiger partial charge in [0.1, 0.15) is 0 Å². The van der Waals surface area contributed by atoms with Gasteiger partial charge in [0, 0.05) is 26.8 Å². The molecule has 0 radical (unpaired) electrons. The van der Waals surface area contributed by atoms with Gasteiger partial charge in [-0.25, -0.2) is 0 Å². The normalized spacial score (nSPS) is 17.4. The molecule has 1 aliphatic heterocycles. The highest BCUT2D eigenvalue weighted by Crippen LogP contribution is 2.28. The summed E-state index contributed by atoms with van der Waals surface area (Å²) in [6.45, 7) is 0.597. The summed E-state index contributed by atoms with van der Waals surface area (Å²) in [5.74, 6) is 0.412. The Morgan fingerprint density at radius 1 is 1.22 bits per heavy atom. The molecule has 10 heteroatoms. The van der Waals surface area contributed by atoms with Gasteiger partial charge in [0.2, 0.25) is 17.8 Å². The van der Waals surface area contributed by atoms with Gasteiger partial charge >= 0.3 is 0 Å². The van der Waals surface area contributed by atoms with Crippen molar-refractivity contribution in [3.05, 3.63) is 52.5 Å². The Hall–Kier alpha value is -3.79. The number of aromatic nitrogens is 4. The number of anilines is 2. The molecule has 9 nitrogen and oxygen atoms in total. The Bertz CT molecular complexity index is 1380. The molecule has 2 aliphatic rings. The fourth-order valence-electron chi connectivity index (χ4n) is 3.68. The Kier molecular flexibility index (Phi) is 4.39. The SMILES string of the molecule is O=C1C/C(=C\c2cnn3c(NC4CC4)nc(NCc4cc5ccccc5s4)nc23)C(=O)N1. The maximum Gasteiger partial charge on any atom is 0.254 e. The number of thiophene rings is 1. The molecule has 3 aromatic heterocycles. The number of hydrogen-bond acceptors (Lipinski definition) is 8. The lowest BCUT2D eigenvalue weighted by molar-refractivity contribution is -0.124. The van der Waals surface area contributed by atoms with Crippen molar-refractivity contribution in [2.45, 2.75) is 31.8 Å². The summed E-state index contributed by atoms with van der Waals surface area (Å²) in [6.07, 6.45) is 5.56. The smallest absolute Gasteiger partial charge is 0.254 e. The highest BCUT2D eigenvalue weighted by molar-refractivity contribution is 7.19. The average molecular weight is 446 g/mol. The first kappa shape index (κ1) is 18.9. The van der Waals surface area contributed by atoms with Gasteiger partial charge in [-0.2, -0.15) is 19.6 Å². The van der Waals surface area contributed by atoms with Crippen LogP contribution in [0.4, 0.5) is 11.9 Å². The van der Waals surface area contributed by atoms with E-state index in [0.29, 0.717) is 41.3 Å². The third kappa shape index (κ3) is 3.58. The minimum atomic E-state index is -0.372. The lowest BCUT2D eigenvalue weighted by atomic mass is 10.1. The monoisotopic (exact) mass is 445 g/mol. The first-order valence-electron chi connectivity index (χ1n) is 10.4. The molecule has 1 saturated heterocycles. The predicted octanol–water partition coefficient (Wildman–Crippen LogP) is 2.96. The van der Waals surface area contributed by atoms with Gasteiger partial charge in [0.05, 0.1) is 19.2 Å². The van der Waals surface area contributed by atoms with Gasteiger partial charge in [-0.15, -0.1) is 11.3 Å².